The van der Waals surface area contributed by atoms with Gasteiger partial charge in [0, 0.05) is 5.39 Å². The van der Waals surface area contributed by atoms with Crippen molar-refractivity contribution in [1.29, 1.82) is 0 Å². The molecule has 1 aliphatic rings. The first-order chi connectivity index (χ1) is 11.8. The minimum atomic E-state index is -5.29. The molecule has 0 spiro atoms. The molecule has 5 nitrogen and oxygen atoms in total. The number of aromatic nitrogens is 1. The van der Waals surface area contributed by atoms with Crippen LogP contribution in [0.15, 0.2) is 47.3 Å². The number of ether oxygens (including phenoxy) is 1. The van der Waals surface area contributed by atoms with Crippen LogP contribution in [0.4, 0.5) is 13.2 Å². The molecule has 3 aromatic rings. The number of pyridine rings is 1. The van der Waals surface area contributed by atoms with Crippen molar-refractivity contribution in [2.24, 2.45) is 0 Å². The molecule has 1 N–H and O–H groups in total. The van der Waals surface area contributed by atoms with Crippen molar-refractivity contribution in [3.05, 3.63) is 58.4 Å². The van der Waals surface area contributed by atoms with E-state index in [2.05, 4.69) is 0 Å². The lowest BCUT2D eigenvalue weighted by Gasteiger charge is -2.23. The Hall–Kier alpha value is -3.29. The Morgan fingerprint density at radius 2 is 1.72 bits per heavy atom. The number of aromatic hydroxyl groups is 1. The van der Waals surface area contributed by atoms with Crippen LogP contribution < -0.4 is 10.3 Å². The molecule has 0 amide bonds. The Morgan fingerprint density at radius 3 is 2.44 bits per heavy atom. The van der Waals surface area contributed by atoms with Crippen LogP contribution in [-0.2, 0) is 0 Å². The van der Waals surface area contributed by atoms with Gasteiger partial charge in [-0.25, -0.2) is 0 Å². The molecule has 0 radical (unpaired) electrons. The lowest BCUT2D eigenvalue weighted by Crippen LogP contribution is -2.33. The number of benzene rings is 2. The molecule has 1 aliphatic heterocycles. The quantitative estimate of drug-likeness (QED) is 0.535. The summed E-state index contributed by atoms with van der Waals surface area (Å²) in [7, 11) is 0. The number of carbonyl (C=O) groups excluding carboxylic acids is 1. The Labute approximate surface area is 137 Å². The molecule has 2 aromatic carbocycles. The van der Waals surface area contributed by atoms with E-state index >= 15 is 0 Å². The van der Waals surface area contributed by atoms with Gasteiger partial charge in [-0.2, -0.15) is 13.2 Å². The first-order valence-electron chi connectivity index (χ1n) is 7.10. The number of nitrogens with zero attached hydrogens (tertiary/aromatic N) is 1. The second-order valence-corrected chi connectivity index (χ2v) is 5.41. The first kappa shape index (κ1) is 15.3. The summed E-state index contributed by atoms with van der Waals surface area (Å²) in [6.07, 6.45) is -5.29. The van der Waals surface area contributed by atoms with Gasteiger partial charge < -0.3 is 9.84 Å². The Morgan fingerprint density at radius 1 is 1.04 bits per heavy atom. The maximum Gasteiger partial charge on any atom is 0.455 e. The summed E-state index contributed by atoms with van der Waals surface area (Å²) in [5.74, 6) is -2.96. The number of para-hydroxylation sites is 3. The fourth-order valence-electron chi connectivity index (χ4n) is 2.90. The predicted molar refractivity (Wildman–Crippen MR) is 81.7 cm³/mol. The van der Waals surface area contributed by atoms with Crippen molar-refractivity contribution in [2.75, 3.05) is 0 Å². The van der Waals surface area contributed by atoms with Crippen molar-refractivity contribution in [1.82, 2.24) is 4.57 Å². The van der Waals surface area contributed by atoms with Crippen LogP contribution in [-0.4, -0.2) is 21.6 Å². The van der Waals surface area contributed by atoms with Gasteiger partial charge >= 0.3 is 6.18 Å². The molecule has 4 rings (SSSR count). The van der Waals surface area contributed by atoms with Crippen LogP contribution in [0.2, 0.25) is 0 Å². The van der Waals surface area contributed by atoms with E-state index in [1.807, 2.05) is 0 Å². The number of hydrogen-bond donors (Lipinski definition) is 1. The largest absolute Gasteiger partial charge is 0.506 e. The predicted octanol–water partition coefficient (Wildman–Crippen LogP) is 3.55. The number of Topliss-reactive ketones (excluding diaryl/α,β-unsaturated/α-hetero) is 1. The lowest BCUT2D eigenvalue weighted by molar-refractivity contribution is -0.0887. The number of carbonyl (C=O) groups is 1. The molecule has 0 saturated heterocycles. The molecular formula is C17H8F3NO4. The highest BCUT2D eigenvalue weighted by Gasteiger charge is 2.44. The monoisotopic (exact) mass is 347 g/mol. The molecule has 8 heteroatoms. The van der Waals surface area contributed by atoms with Crippen LogP contribution in [0, 0.1) is 0 Å². The van der Waals surface area contributed by atoms with Crippen molar-refractivity contribution in [3.63, 3.8) is 0 Å². The molecule has 0 fully saturated rings. The smallest absolute Gasteiger partial charge is 0.455 e. The third-order valence-corrected chi connectivity index (χ3v) is 3.94. The molecule has 0 bridgehead atoms. The number of halogens is 3. The third-order valence-electron chi connectivity index (χ3n) is 3.94. The van der Waals surface area contributed by atoms with Crippen LogP contribution >= 0.6 is 0 Å². The highest BCUT2D eigenvalue weighted by Crippen LogP contribution is 2.42. The van der Waals surface area contributed by atoms with E-state index in [9.17, 15) is 27.9 Å². The average molecular weight is 347 g/mol. The SMILES string of the molecule is O=C(c1c(O)c2cccc3c2n(c1=O)-c1ccccc1O3)C(F)(F)F. The average Bonchev–Trinajstić information content (AvgIpc) is 2.57. The molecule has 0 saturated carbocycles. The fourth-order valence-corrected chi connectivity index (χ4v) is 2.90. The van der Waals surface area contributed by atoms with Crippen LogP contribution in [0.1, 0.15) is 10.4 Å². The highest BCUT2D eigenvalue weighted by atomic mass is 19.4. The Balaban J connectivity index is 2.22. The number of ketones is 1. The topological polar surface area (TPSA) is 68.5 Å². The summed E-state index contributed by atoms with van der Waals surface area (Å²) >= 11 is 0. The molecule has 0 unspecified atom stereocenters. The van der Waals surface area contributed by atoms with E-state index in [4.69, 9.17) is 4.74 Å². The fraction of sp³-hybridized carbons (Fsp3) is 0.0588. The zero-order valence-corrected chi connectivity index (χ0v) is 12.3. The molecular weight excluding hydrogens is 339 g/mol. The van der Waals surface area contributed by atoms with E-state index in [0.29, 0.717) is 0 Å². The minimum Gasteiger partial charge on any atom is -0.506 e. The van der Waals surface area contributed by atoms with Crippen LogP contribution in [0.5, 0.6) is 17.2 Å². The van der Waals surface area contributed by atoms with Gasteiger partial charge in [-0.1, -0.05) is 18.2 Å². The number of fused-ring (bicyclic) bond motifs is 2. The second kappa shape index (κ2) is 4.85. The maximum atomic E-state index is 12.9. The summed E-state index contributed by atoms with van der Waals surface area (Å²) in [5.41, 5.74) is -2.28. The van der Waals surface area contributed by atoms with Gasteiger partial charge in [0.15, 0.2) is 11.5 Å². The molecule has 1 aromatic heterocycles. The van der Waals surface area contributed by atoms with E-state index in [0.717, 1.165) is 4.57 Å². The number of hydrogen-bond acceptors (Lipinski definition) is 4. The zero-order valence-electron chi connectivity index (χ0n) is 12.3. The highest BCUT2D eigenvalue weighted by molar-refractivity contribution is 6.07. The molecule has 126 valence electrons. The Bertz CT molecular complexity index is 1120. The van der Waals surface area contributed by atoms with Crippen molar-refractivity contribution in [2.45, 2.75) is 6.18 Å². The van der Waals surface area contributed by atoms with Gasteiger partial charge in [0.1, 0.15) is 16.8 Å². The van der Waals surface area contributed by atoms with Crippen molar-refractivity contribution >= 4 is 16.7 Å². The molecule has 0 aliphatic carbocycles. The van der Waals surface area contributed by atoms with Gasteiger partial charge in [0.2, 0.25) is 0 Å². The number of rotatable bonds is 1. The second-order valence-electron chi connectivity index (χ2n) is 5.41. The third kappa shape index (κ3) is 2.03. The normalized spacial score (nSPS) is 12.6. The van der Waals surface area contributed by atoms with Gasteiger partial charge in [0.05, 0.1) is 5.69 Å². The summed E-state index contributed by atoms with van der Waals surface area (Å²) in [6, 6.07) is 10.5. The van der Waals surface area contributed by atoms with Gasteiger partial charge in [-0.15, -0.1) is 0 Å². The lowest BCUT2D eigenvalue weighted by atomic mass is 10.0. The van der Waals surface area contributed by atoms with E-state index in [-0.39, 0.29) is 28.1 Å². The van der Waals surface area contributed by atoms with Gasteiger partial charge in [-0.05, 0) is 24.3 Å². The van der Waals surface area contributed by atoms with Crippen LogP contribution in [0.3, 0.4) is 0 Å². The van der Waals surface area contributed by atoms with Crippen LogP contribution in [0.25, 0.3) is 16.6 Å². The summed E-state index contributed by atoms with van der Waals surface area (Å²) in [4.78, 5) is 24.4. The Kier molecular flexibility index (Phi) is 2.96. The molecule has 2 heterocycles. The van der Waals surface area contributed by atoms with Crippen molar-refractivity contribution < 1.29 is 27.8 Å². The van der Waals surface area contributed by atoms with Crippen molar-refractivity contribution in [3.8, 4) is 22.9 Å². The van der Waals surface area contributed by atoms with Gasteiger partial charge in [-0.3, -0.25) is 14.2 Å². The molecule has 0 atom stereocenters. The minimum absolute atomic E-state index is 0.0841. The summed E-state index contributed by atoms with van der Waals surface area (Å²) in [6.45, 7) is 0. The standard InChI is InChI=1S/C17H8F3NO4/c18-17(19,20)15(23)12-14(22)8-4-3-7-11-13(8)21(16(12)24)9-5-1-2-6-10(9)25-11/h1-7,22H. The van der Waals surface area contributed by atoms with E-state index < -0.39 is 28.8 Å². The molecule has 25 heavy (non-hydrogen) atoms. The summed E-state index contributed by atoms with van der Waals surface area (Å²) < 4.78 is 45.3. The maximum absolute atomic E-state index is 12.9. The number of alkyl halides is 3. The first-order valence-corrected chi connectivity index (χ1v) is 7.10. The summed E-state index contributed by atoms with van der Waals surface area (Å²) in [5, 5.41) is 10.1. The van der Waals surface area contributed by atoms with Gasteiger partial charge in [0.25, 0.3) is 11.3 Å². The van der Waals surface area contributed by atoms with E-state index in [1.165, 1.54) is 24.3 Å². The van der Waals surface area contributed by atoms with E-state index in [1.54, 1.807) is 18.2 Å². The zero-order chi connectivity index (χ0) is 17.9.